The minimum Gasteiger partial charge on any atom is -0.343 e. The van der Waals surface area contributed by atoms with Gasteiger partial charge in [0.05, 0.1) is 6.04 Å². The lowest BCUT2D eigenvalue weighted by Gasteiger charge is -2.24. The molecule has 4 rings (SSSR count). The summed E-state index contributed by atoms with van der Waals surface area (Å²) in [6, 6.07) is 0.221. The van der Waals surface area contributed by atoms with E-state index in [0.717, 1.165) is 25.1 Å². The summed E-state index contributed by atoms with van der Waals surface area (Å²) < 4.78 is 5.44. The quantitative estimate of drug-likeness (QED) is 0.830. The molecule has 3 fully saturated rings. The molecule has 146 valence electrons. The fourth-order valence-corrected chi connectivity index (χ4v) is 4.85. The van der Waals surface area contributed by atoms with Crippen molar-refractivity contribution in [2.24, 2.45) is 5.92 Å². The summed E-state index contributed by atoms with van der Waals surface area (Å²) in [5, 5.41) is 10.8. The lowest BCUT2D eigenvalue weighted by Crippen LogP contribution is -2.43. The number of nitrogens with zero attached hydrogens (tertiary/aromatic N) is 2. The number of amides is 1. The molecular formula is C19H31ClN4O2. The molecule has 4 unspecified atom stereocenters. The predicted octanol–water partition coefficient (Wildman–Crippen LogP) is 3.64. The van der Waals surface area contributed by atoms with E-state index < -0.39 is 0 Å². The van der Waals surface area contributed by atoms with Crippen molar-refractivity contribution < 1.29 is 9.32 Å². The van der Waals surface area contributed by atoms with Crippen molar-refractivity contribution in [3.63, 3.8) is 0 Å². The average Bonchev–Trinajstić information content (AvgIpc) is 3.29. The van der Waals surface area contributed by atoms with Crippen LogP contribution in [0.25, 0.3) is 0 Å². The van der Waals surface area contributed by atoms with Crippen LogP contribution in [0.15, 0.2) is 4.52 Å². The molecule has 1 aromatic rings. The van der Waals surface area contributed by atoms with Crippen molar-refractivity contribution in [3.8, 4) is 0 Å². The van der Waals surface area contributed by atoms with E-state index >= 15 is 0 Å². The normalized spacial score (nSPS) is 30.3. The highest BCUT2D eigenvalue weighted by molar-refractivity contribution is 5.85. The van der Waals surface area contributed by atoms with Crippen molar-refractivity contribution in [1.82, 2.24) is 20.8 Å². The van der Waals surface area contributed by atoms with Crippen LogP contribution in [0.2, 0.25) is 0 Å². The predicted molar refractivity (Wildman–Crippen MR) is 101 cm³/mol. The van der Waals surface area contributed by atoms with E-state index in [-0.39, 0.29) is 30.4 Å². The molecule has 0 radical (unpaired) electrons. The minimum absolute atomic E-state index is 0. The Labute approximate surface area is 161 Å². The number of hydrogen-bond donors (Lipinski definition) is 2. The van der Waals surface area contributed by atoms with E-state index in [9.17, 15) is 4.79 Å². The molecule has 0 bridgehead atoms. The summed E-state index contributed by atoms with van der Waals surface area (Å²) >= 11 is 0. The minimum atomic E-state index is -0.234. The molecule has 0 aromatic carbocycles. The van der Waals surface area contributed by atoms with Crippen LogP contribution in [-0.2, 0) is 4.79 Å². The van der Waals surface area contributed by atoms with Gasteiger partial charge in [0, 0.05) is 12.0 Å². The molecular weight excluding hydrogens is 352 g/mol. The standard InChI is InChI=1S/C19H30N4O2.ClH/c1-12(19-22-17(23-25-19)13-7-3-2-4-8-13)20-18(24)16-11-14-9-5-6-10-15(14)21-16;/h12-16,21H,2-11H2,1H3,(H,20,24);1H. The molecule has 6 nitrogen and oxygen atoms in total. The Morgan fingerprint density at radius 1 is 1.15 bits per heavy atom. The summed E-state index contributed by atoms with van der Waals surface area (Å²) in [6.45, 7) is 1.93. The van der Waals surface area contributed by atoms with E-state index in [2.05, 4.69) is 20.8 Å². The highest BCUT2D eigenvalue weighted by Gasteiger charge is 2.38. The SMILES string of the molecule is CC(NC(=O)C1CC2CCCCC2N1)c1nc(C2CCCCC2)no1.Cl. The molecule has 2 saturated carbocycles. The number of fused-ring (bicyclic) bond motifs is 1. The molecule has 1 aromatic heterocycles. The molecule has 0 spiro atoms. The number of halogens is 1. The van der Waals surface area contributed by atoms with E-state index in [1.165, 1.54) is 44.9 Å². The van der Waals surface area contributed by atoms with Crippen molar-refractivity contribution >= 4 is 18.3 Å². The van der Waals surface area contributed by atoms with E-state index in [0.29, 0.717) is 23.8 Å². The zero-order valence-electron chi connectivity index (χ0n) is 15.6. The fraction of sp³-hybridized carbons (Fsp3) is 0.842. The van der Waals surface area contributed by atoms with Gasteiger partial charge in [-0.2, -0.15) is 4.98 Å². The largest absolute Gasteiger partial charge is 0.343 e. The summed E-state index contributed by atoms with van der Waals surface area (Å²) in [6.07, 6.45) is 12.1. The summed E-state index contributed by atoms with van der Waals surface area (Å²) in [7, 11) is 0. The van der Waals surface area contributed by atoms with Gasteiger partial charge in [0.2, 0.25) is 11.8 Å². The van der Waals surface area contributed by atoms with Crippen LogP contribution in [0.3, 0.4) is 0 Å². The highest BCUT2D eigenvalue weighted by Crippen LogP contribution is 2.34. The maximum absolute atomic E-state index is 12.6. The van der Waals surface area contributed by atoms with Gasteiger partial charge in [-0.25, -0.2) is 0 Å². The van der Waals surface area contributed by atoms with Gasteiger partial charge in [0.1, 0.15) is 6.04 Å². The van der Waals surface area contributed by atoms with Crippen LogP contribution < -0.4 is 10.6 Å². The van der Waals surface area contributed by atoms with Crippen molar-refractivity contribution in [1.29, 1.82) is 0 Å². The third-order valence-electron chi connectivity index (χ3n) is 6.34. The average molecular weight is 383 g/mol. The van der Waals surface area contributed by atoms with E-state index in [1.807, 2.05) is 6.92 Å². The smallest absolute Gasteiger partial charge is 0.248 e. The third kappa shape index (κ3) is 4.22. The molecule has 1 amide bonds. The number of nitrogens with one attached hydrogen (secondary N) is 2. The van der Waals surface area contributed by atoms with Gasteiger partial charge in [-0.15, -0.1) is 12.4 Å². The van der Waals surface area contributed by atoms with Gasteiger partial charge in [-0.1, -0.05) is 37.3 Å². The monoisotopic (exact) mass is 382 g/mol. The van der Waals surface area contributed by atoms with Crippen LogP contribution in [0, 0.1) is 5.92 Å². The van der Waals surface area contributed by atoms with E-state index in [4.69, 9.17) is 4.52 Å². The molecule has 1 aliphatic heterocycles. The molecule has 3 aliphatic rings. The zero-order chi connectivity index (χ0) is 17.2. The van der Waals surface area contributed by atoms with Crippen LogP contribution in [0.4, 0.5) is 0 Å². The van der Waals surface area contributed by atoms with Gasteiger partial charge in [0.25, 0.3) is 0 Å². The number of carbonyl (C=O) groups is 1. The first kappa shape index (κ1) is 19.6. The number of hydrogen-bond acceptors (Lipinski definition) is 5. The topological polar surface area (TPSA) is 80.0 Å². The van der Waals surface area contributed by atoms with Crippen molar-refractivity contribution in [2.45, 2.75) is 95.2 Å². The molecule has 7 heteroatoms. The van der Waals surface area contributed by atoms with Crippen LogP contribution in [-0.4, -0.2) is 28.1 Å². The first-order valence-corrected chi connectivity index (χ1v) is 10.1. The molecule has 2 heterocycles. The maximum Gasteiger partial charge on any atom is 0.248 e. The third-order valence-corrected chi connectivity index (χ3v) is 6.34. The lowest BCUT2D eigenvalue weighted by molar-refractivity contribution is -0.123. The fourth-order valence-electron chi connectivity index (χ4n) is 4.85. The Kier molecular flexibility index (Phi) is 6.56. The summed E-state index contributed by atoms with van der Waals surface area (Å²) in [5.41, 5.74) is 0. The molecule has 26 heavy (non-hydrogen) atoms. The maximum atomic E-state index is 12.6. The first-order valence-electron chi connectivity index (χ1n) is 10.1. The van der Waals surface area contributed by atoms with Crippen molar-refractivity contribution in [2.75, 3.05) is 0 Å². The van der Waals surface area contributed by atoms with Crippen LogP contribution in [0.5, 0.6) is 0 Å². The molecule has 4 atom stereocenters. The lowest BCUT2D eigenvalue weighted by atomic mass is 9.85. The van der Waals surface area contributed by atoms with E-state index in [1.54, 1.807) is 0 Å². The molecule has 1 saturated heterocycles. The molecule has 2 aliphatic carbocycles. The Morgan fingerprint density at radius 3 is 2.65 bits per heavy atom. The zero-order valence-corrected chi connectivity index (χ0v) is 16.4. The molecule has 2 N–H and O–H groups in total. The van der Waals surface area contributed by atoms with Gasteiger partial charge in [-0.3, -0.25) is 4.79 Å². The highest BCUT2D eigenvalue weighted by atomic mass is 35.5. The second-order valence-electron chi connectivity index (χ2n) is 8.16. The summed E-state index contributed by atoms with van der Waals surface area (Å²) in [4.78, 5) is 17.2. The van der Waals surface area contributed by atoms with Crippen LogP contribution >= 0.6 is 12.4 Å². The Bertz CT molecular complexity index is 588. The Hall–Kier alpha value is -1.14. The van der Waals surface area contributed by atoms with Gasteiger partial charge < -0.3 is 15.2 Å². The van der Waals surface area contributed by atoms with Gasteiger partial charge in [-0.05, 0) is 44.9 Å². The van der Waals surface area contributed by atoms with Gasteiger partial charge in [0.15, 0.2) is 5.82 Å². The summed E-state index contributed by atoms with van der Waals surface area (Å²) in [5.74, 6) is 2.51. The van der Waals surface area contributed by atoms with Gasteiger partial charge >= 0.3 is 0 Å². The number of rotatable bonds is 4. The Balaban J connectivity index is 0.00000196. The Morgan fingerprint density at radius 2 is 1.88 bits per heavy atom. The first-order chi connectivity index (χ1) is 12.2. The second-order valence-corrected chi connectivity index (χ2v) is 8.16. The van der Waals surface area contributed by atoms with Crippen molar-refractivity contribution in [3.05, 3.63) is 11.7 Å². The number of carbonyl (C=O) groups excluding carboxylic acids is 1. The van der Waals surface area contributed by atoms with Crippen LogP contribution in [0.1, 0.15) is 94.8 Å². The number of aromatic nitrogens is 2. The second kappa shape index (κ2) is 8.70.